The highest BCUT2D eigenvalue weighted by Gasteiger charge is 2.19. The van der Waals surface area contributed by atoms with Crippen molar-refractivity contribution in [2.75, 3.05) is 20.1 Å². The van der Waals surface area contributed by atoms with Crippen LogP contribution in [-0.2, 0) is 0 Å². The highest BCUT2D eigenvalue weighted by Crippen LogP contribution is 2.21. The molecule has 5 nitrogen and oxygen atoms in total. The third-order valence-electron chi connectivity index (χ3n) is 5.28. The molecule has 140 valence electrons. The standard InChI is InChI=1S/C20H27FN4O/c1-15-17(14-23-25(15)19-11-7-6-10-18(19)21)20(26)22-12-13-24(2)16-8-4-3-5-9-16/h6-7,10-11,14,16H,3-5,8-9,12-13H2,1-2H3,(H,22,26). The molecule has 6 heteroatoms. The Bertz CT molecular complexity index is 752. The van der Waals surface area contributed by atoms with Crippen LogP contribution in [0.25, 0.3) is 5.69 Å². The molecule has 1 aromatic carbocycles. The molecule has 0 radical (unpaired) electrons. The normalized spacial score (nSPS) is 15.4. The Labute approximate surface area is 154 Å². The van der Waals surface area contributed by atoms with Gasteiger partial charge in [-0.15, -0.1) is 0 Å². The van der Waals surface area contributed by atoms with Crippen LogP contribution in [0.5, 0.6) is 0 Å². The predicted molar refractivity (Wildman–Crippen MR) is 100 cm³/mol. The van der Waals surface area contributed by atoms with E-state index in [-0.39, 0.29) is 11.7 Å². The van der Waals surface area contributed by atoms with Gasteiger partial charge in [0.25, 0.3) is 5.91 Å². The average molecular weight is 358 g/mol. The number of benzene rings is 1. The van der Waals surface area contributed by atoms with Gasteiger partial charge in [-0.2, -0.15) is 5.10 Å². The molecular formula is C20H27FN4O. The zero-order valence-electron chi connectivity index (χ0n) is 15.5. The Morgan fingerprint density at radius 1 is 1.31 bits per heavy atom. The summed E-state index contributed by atoms with van der Waals surface area (Å²) in [6, 6.07) is 7.05. The van der Waals surface area contributed by atoms with Crippen LogP contribution in [0.1, 0.15) is 48.2 Å². The highest BCUT2D eigenvalue weighted by atomic mass is 19.1. The van der Waals surface area contributed by atoms with E-state index in [1.165, 1.54) is 49.0 Å². The average Bonchev–Trinajstić information content (AvgIpc) is 3.04. The predicted octanol–water partition coefficient (Wildman–Crippen LogP) is 3.31. The fourth-order valence-corrected chi connectivity index (χ4v) is 3.64. The molecule has 1 aromatic heterocycles. The smallest absolute Gasteiger partial charge is 0.254 e. The van der Waals surface area contributed by atoms with Crippen LogP contribution in [0.2, 0.25) is 0 Å². The van der Waals surface area contributed by atoms with E-state index in [1.54, 1.807) is 25.1 Å². The van der Waals surface area contributed by atoms with Crippen LogP contribution < -0.4 is 5.32 Å². The first kappa shape index (κ1) is 18.6. The Morgan fingerprint density at radius 2 is 2.04 bits per heavy atom. The molecule has 1 heterocycles. The number of hydrogen-bond acceptors (Lipinski definition) is 3. The van der Waals surface area contributed by atoms with E-state index in [1.807, 2.05) is 0 Å². The van der Waals surface area contributed by atoms with E-state index in [9.17, 15) is 9.18 Å². The van der Waals surface area contributed by atoms with Crippen molar-refractivity contribution in [3.05, 3.63) is 47.5 Å². The van der Waals surface area contributed by atoms with Crippen molar-refractivity contribution in [1.29, 1.82) is 0 Å². The summed E-state index contributed by atoms with van der Waals surface area (Å²) in [7, 11) is 2.13. The summed E-state index contributed by atoms with van der Waals surface area (Å²) < 4.78 is 15.4. The van der Waals surface area contributed by atoms with Gasteiger partial charge in [-0.1, -0.05) is 31.4 Å². The number of para-hydroxylation sites is 1. The Hall–Kier alpha value is -2.21. The monoisotopic (exact) mass is 358 g/mol. The van der Waals surface area contributed by atoms with Gasteiger partial charge in [0.15, 0.2) is 0 Å². The second kappa shape index (κ2) is 8.45. The Morgan fingerprint density at radius 3 is 2.77 bits per heavy atom. The van der Waals surface area contributed by atoms with E-state index < -0.39 is 0 Å². The number of carbonyl (C=O) groups excluding carboxylic acids is 1. The number of likely N-dealkylation sites (N-methyl/N-ethyl adjacent to an activating group) is 1. The first-order chi connectivity index (χ1) is 12.6. The van der Waals surface area contributed by atoms with Gasteiger partial charge in [0, 0.05) is 19.1 Å². The first-order valence-corrected chi connectivity index (χ1v) is 9.36. The molecule has 3 rings (SSSR count). The van der Waals surface area contributed by atoms with Crippen molar-refractivity contribution < 1.29 is 9.18 Å². The first-order valence-electron chi connectivity index (χ1n) is 9.36. The Balaban J connectivity index is 1.58. The lowest BCUT2D eigenvalue weighted by molar-refractivity contribution is 0.0944. The van der Waals surface area contributed by atoms with Crippen LogP contribution >= 0.6 is 0 Å². The van der Waals surface area contributed by atoms with E-state index in [4.69, 9.17) is 0 Å². The van der Waals surface area contributed by atoms with Crippen molar-refractivity contribution in [3.63, 3.8) is 0 Å². The molecule has 0 saturated heterocycles. The van der Waals surface area contributed by atoms with Gasteiger partial charge in [0.2, 0.25) is 0 Å². The summed E-state index contributed by atoms with van der Waals surface area (Å²) in [4.78, 5) is 14.8. The zero-order chi connectivity index (χ0) is 18.5. The lowest BCUT2D eigenvalue weighted by atomic mass is 9.94. The number of amides is 1. The lowest BCUT2D eigenvalue weighted by Gasteiger charge is -2.31. The molecule has 1 saturated carbocycles. The van der Waals surface area contributed by atoms with Crippen molar-refractivity contribution in [1.82, 2.24) is 20.0 Å². The fourth-order valence-electron chi connectivity index (χ4n) is 3.64. The molecule has 0 aliphatic heterocycles. The number of halogens is 1. The van der Waals surface area contributed by atoms with Gasteiger partial charge in [0.05, 0.1) is 17.5 Å². The maximum absolute atomic E-state index is 14.0. The molecule has 1 aliphatic carbocycles. The van der Waals surface area contributed by atoms with Gasteiger partial charge in [-0.25, -0.2) is 9.07 Å². The molecule has 0 atom stereocenters. The molecule has 0 unspecified atom stereocenters. The van der Waals surface area contributed by atoms with Crippen LogP contribution in [0, 0.1) is 12.7 Å². The molecule has 2 aromatic rings. The quantitative estimate of drug-likeness (QED) is 0.862. The number of nitrogens with one attached hydrogen (secondary N) is 1. The Kier molecular flexibility index (Phi) is 6.04. The highest BCUT2D eigenvalue weighted by molar-refractivity contribution is 5.95. The second-order valence-electron chi connectivity index (χ2n) is 7.04. The van der Waals surface area contributed by atoms with E-state index in [0.717, 1.165) is 6.54 Å². The van der Waals surface area contributed by atoms with Crippen LogP contribution in [0.15, 0.2) is 30.5 Å². The molecule has 1 N–H and O–H groups in total. The van der Waals surface area contributed by atoms with Crippen LogP contribution in [0.3, 0.4) is 0 Å². The van der Waals surface area contributed by atoms with Crippen molar-refractivity contribution in [2.45, 2.75) is 45.1 Å². The summed E-state index contributed by atoms with van der Waals surface area (Å²) in [5.74, 6) is -0.526. The molecule has 1 fully saturated rings. The number of nitrogens with zero attached hydrogens (tertiary/aromatic N) is 3. The van der Waals surface area contributed by atoms with Crippen molar-refractivity contribution >= 4 is 5.91 Å². The molecule has 26 heavy (non-hydrogen) atoms. The van der Waals surface area contributed by atoms with Gasteiger partial charge in [0.1, 0.15) is 11.5 Å². The minimum atomic E-state index is -0.361. The van der Waals surface area contributed by atoms with E-state index in [0.29, 0.717) is 29.5 Å². The van der Waals surface area contributed by atoms with Gasteiger partial charge < -0.3 is 10.2 Å². The molecule has 0 bridgehead atoms. The topological polar surface area (TPSA) is 50.2 Å². The lowest BCUT2D eigenvalue weighted by Crippen LogP contribution is -2.39. The summed E-state index contributed by atoms with van der Waals surface area (Å²) in [5.41, 5.74) is 1.46. The third kappa shape index (κ3) is 4.12. The molecule has 1 aliphatic rings. The van der Waals surface area contributed by atoms with Gasteiger partial charge >= 0.3 is 0 Å². The third-order valence-corrected chi connectivity index (χ3v) is 5.28. The van der Waals surface area contributed by atoms with Crippen molar-refractivity contribution in [3.8, 4) is 5.69 Å². The number of carbonyl (C=O) groups is 1. The summed E-state index contributed by atoms with van der Waals surface area (Å²) in [6.07, 6.45) is 7.94. The van der Waals surface area contributed by atoms with E-state index in [2.05, 4.69) is 22.4 Å². The van der Waals surface area contributed by atoms with Crippen LogP contribution in [-0.4, -0.2) is 46.8 Å². The maximum atomic E-state index is 14.0. The number of rotatable bonds is 6. The molecule has 1 amide bonds. The zero-order valence-corrected chi connectivity index (χ0v) is 15.5. The fraction of sp³-hybridized carbons (Fsp3) is 0.500. The maximum Gasteiger partial charge on any atom is 0.254 e. The van der Waals surface area contributed by atoms with Gasteiger partial charge in [-0.05, 0) is 38.9 Å². The number of aromatic nitrogens is 2. The molecular weight excluding hydrogens is 331 g/mol. The second-order valence-corrected chi connectivity index (χ2v) is 7.04. The van der Waals surface area contributed by atoms with Gasteiger partial charge in [-0.3, -0.25) is 4.79 Å². The minimum absolute atomic E-state index is 0.165. The summed E-state index contributed by atoms with van der Waals surface area (Å²) >= 11 is 0. The van der Waals surface area contributed by atoms with Crippen molar-refractivity contribution in [2.24, 2.45) is 0 Å². The summed E-state index contributed by atoms with van der Waals surface area (Å²) in [5, 5.41) is 7.15. The molecule has 0 spiro atoms. The number of hydrogen-bond donors (Lipinski definition) is 1. The SMILES string of the molecule is Cc1c(C(=O)NCCN(C)C2CCCCC2)cnn1-c1ccccc1F. The van der Waals surface area contributed by atoms with E-state index >= 15 is 0 Å². The minimum Gasteiger partial charge on any atom is -0.351 e. The summed E-state index contributed by atoms with van der Waals surface area (Å²) in [6.45, 7) is 3.20. The van der Waals surface area contributed by atoms with Crippen LogP contribution in [0.4, 0.5) is 4.39 Å². The largest absolute Gasteiger partial charge is 0.351 e.